The summed E-state index contributed by atoms with van der Waals surface area (Å²) in [7, 11) is 0. The van der Waals surface area contributed by atoms with Crippen molar-refractivity contribution in [3.05, 3.63) is 102 Å². The number of hydrogen-bond acceptors (Lipinski definition) is 7. The Morgan fingerprint density at radius 2 is 1.55 bits per heavy atom. The number of carbonyl (C=O) groups is 4. The fourth-order valence-electron chi connectivity index (χ4n) is 4.18. The first-order valence-electron chi connectivity index (χ1n) is 11.8. The molecule has 0 aromatic heterocycles. The van der Waals surface area contributed by atoms with Gasteiger partial charge in [-0.15, -0.1) is 11.8 Å². The summed E-state index contributed by atoms with van der Waals surface area (Å²) in [6.45, 7) is 0. The first-order chi connectivity index (χ1) is 18.3. The van der Waals surface area contributed by atoms with Crippen molar-refractivity contribution in [1.82, 2.24) is 5.32 Å². The van der Waals surface area contributed by atoms with Gasteiger partial charge in [-0.1, -0.05) is 66.7 Å². The van der Waals surface area contributed by atoms with Crippen LogP contribution < -0.4 is 10.6 Å². The molecule has 0 spiro atoms. The van der Waals surface area contributed by atoms with Crippen molar-refractivity contribution in [2.24, 2.45) is 5.92 Å². The van der Waals surface area contributed by atoms with Gasteiger partial charge in [0.2, 0.25) is 11.6 Å². The number of carboxylic acids is 2. The first kappa shape index (κ1) is 26.7. The number of nitrogens with one attached hydrogen (secondary N) is 2. The van der Waals surface area contributed by atoms with Crippen LogP contribution in [0.2, 0.25) is 0 Å². The molecule has 1 amide bonds. The molecule has 0 saturated carbocycles. The lowest BCUT2D eigenvalue weighted by molar-refractivity contribution is -0.152. The number of thioether (sulfide) groups is 1. The molecule has 3 aromatic carbocycles. The summed E-state index contributed by atoms with van der Waals surface area (Å²) >= 11 is 1.25. The standard InChI is InChI=1S/C28H26N2O7S/c31-23(32)16-28(27(35)36,29-20-11-5-2-6-12-20)30-24(33)19(15-18-9-3-1-4-10-18)17-38-26-22-14-8-7-13-21(22)25(34)37-26/h1-14,19,26,29H,15-17H2,(H,30,33)(H,31,32)(H,35,36)/t19?,26?,28-/m0/s1. The van der Waals surface area contributed by atoms with Gasteiger partial charge in [-0.2, -0.15) is 0 Å². The maximum atomic E-state index is 13.6. The van der Waals surface area contributed by atoms with Gasteiger partial charge in [-0.25, -0.2) is 9.59 Å². The number of cyclic esters (lactones) is 1. The zero-order valence-electron chi connectivity index (χ0n) is 20.2. The van der Waals surface area contributed by atoms with Crippen LogP contribution in [0.25, 0.3) is 0 Å². The van der Waals surface area contributed by atoms with Crippen LogP contribution in [0.5, 0.6) is 0 Å². The maximum absolute atomic E-state index is 13.6. The fourth-order valence-corrected chi connectivity index (χ4v) is 5.39. The van der Waals surface area contributed by atoms with Gasteiger partial charge in [0.15, 0.2) is 5.44 Å². The summed E-state index contributed by atoms with van der Waals surface area (Å²) in [5.74, 6) is -4.62. The molecule has 4 rings (SSSR count). The van der Waals surface area contributed by atoms with Crippen molar-refractivity contribution in [3.63, 3.8) is 0 Å². The minimum atomic E-state index is -2.30. The van der Waals surface area contributed by atoms with Gasteiger partial charge in [0.05, 0.1) is 17.9 Å². The number of carboxylic acid groups (broad SMARTS) is 2. The molecule has 9 nitrogen and oxygen atoms in total. The van der Waals surface area contributed by atoms with E-state index in [0.29, 0.717) is 16.8 Å². The lowest BCUT2D eigenvalue weighted by Crippen LogP contribution is -2.62. The highest BCUT2D eigenvalue weighted by molar-refractivity contribution is 7.99. The van der Waals surface area contributed by atoms with E-state index in [4.69, 9.17) is 4.74 Å². The third kappa shape index (κ3) is 6.33. The molecular formula is C28H26N2O7S. The Hall–Kier alpha value is -4.31. The third-order valence-corrected chi connectivity index (χ3v) is 7.29. The van der Waals surface area contributed by atoms with Crippen molar-refractivity contribution in [3.8, 4) is 0 Å². The van der Waals surface area contributed by atoms with Crippen molar-refractivity contribution in [2.75, 3.05) is 11.1 Å². The molecule has 0 saturated heterocycles. The number of carbonyl (C=O) groups excluding carboxylic acids is 2. The molecule has 0 bridgehead atoms. The van der Waals surface area contributed by atoms with Gasteiger partial charge in [0, 0.05) is 17.0 Å². The minimum absolute atomic E-state index is 0.182. The normalized spacial score (nSPS) is 16.4. The average Bonchev–Trinajstić information content (AvgIpc) is 3.22. The molecule has 196 valence electrons. The van der Waals surface area contributed by atoms with Gasteiger partial charge in [0.25, 0.3) is 0 Å². The molecule has 10 heteroatoms. The van der Waals surface area contributed by atoms with Crippen molar-refractivity contribution >= 4 is 41.3 Å². The fraction of sp³-hybridized carbons (Fsp3) is 0.214. The number of benzene rings is 3. The summed E-state index contributed by atoms with van der Waals surface area (Å²) in [5, 5.41) is 24.8. The lowest BCUT2D eigenvalue weighted by Gasteiger charge is -2.33. The Balaban J connectivity index is 1.59. The molecule has 3 atom stereocenters. The monoisotopic (exact) mass is 534 g/mol. The molecule has 0 aliphatic carbocycles. The van der Waals surface area contributed by atoms with Crippen molar-refractivity contribution in [1.29, 1.82) is 0 Å². The molecule has 1 heterocycles. The van der Waals surface area contributed by atoms with Gasteiger partial charge in [0.1, 0.15) is 0 Å². The summed E-state index contributed by atoms with van der Waals surface area (Å²) in [6, 6.07) is 24.4. The van der Waals surface area contributed by atoms with Crippen LogP contribution in [0.1, 0.15) is 33.3 Å². The number of ether oxygens (including phenoxy) is 1. The second-order valence-corrected chi connectivity index (χ2v) is 9.90. The number of amides is 1. The van der Waals surface area contributed by atoms with Crippen LogP contribution in [0.4, 0.5) is 5.69 Å². The minimum Gasteiger partial charge on any atom is -0.481 e. The predicted octanol–water partition coefficient (Wildman–Crippen LogP) is 3.93. The Morgan fingerprint density at radius 3 is 2.21 bits per heavy atom. The molecule has 3 aromatic rings. The van der Waals surface area contributed by atoms with Crippen molar-refractivity contribution < 1.29 is 34.1 Å². The smallest absolute Gasteiger partial charge is 0.351 e. The number of para-hydroxylation sites is 1. The van der Waals surface area contributed by atoms with E-state index in [-0.39, 0.29) is 12.2 Å². The van der Waals surface area contributed by atoms with E-state index >= 15 is 0 Å². The SMILES string of the molecule is O=C(O)C[C@@](NC(=O)C(CSC1OC(=O)c2ccccc21)Cc1ccccc1)(Nc1ccccc1)C(=O)O. The van der Waals surface area contributed by atoms with Crippen LogP contribution in [-0.4, -0.2) is 45.4 Å². The molecule has 1 aliphatic rings. The molecule has 0 fully saturated rings. The quantitative estimate of drug-likeness (QED) is 0.201. The van der Waals surface area contributed by atoms with E-state index in [2.05, 4.69) is 10.6 Å². The van der Waals surface area contributed by atoms with Gasteiger partial charge >= 0.3 is 17.9 Å². The number of fused-ring (bicyclic) bond motifs is 1. The summed E-state index contributed by atoms with van der Waals surface area (Å²) < 4.78 is 5.49. The van der Waals surface area contributed by atoms with Crippen LogP contribution >= 0.6 is 11.8 Å². The number of anilines is 1. The Labute approximate surface area is 223 Å². The molecule has 2 unspecified atom stereocenters. The second kappa shape index (κ2) is 11.8. The highest BCUT2D eigenvalue weighted by Crippen LogP contribution is 2.40. The molecule has 1 aliphatic heterocycles. The van der Waals surface area contributed by atoms with Crippen LogP contribution in [0.3, 0.4) is 0 Å². The topological polar surface area (TPSA) is 142 Å². The summed E-state index contributed by atoms with van der Waals surface area (Å²) in [6.07, 6.45) is -0.641. The zero-order valence-corrected chi connectivity index (χ0v) is 21.0. The zero-order chi connectivity index (χ0) is 27.1. The summed E-state index contributed by atoms with van der Waals surface area (Å²) in [5.41, 5.74) is -0.566. The van der Waals surface area contributed by atoms with E-state index in [1.165, 1.54) is 11.8 Å². The predicted molar refractivity (Wildman–Crippen MR) is 142 cm³/mol. The average molecular weight is 535 g/mol. The lowest BCUT2D eigenvalue weighted by atomic mass is 9.98. The third-order valence-electron chi connectivity index (χ3n) is 6.04. The second-order valence-electron chi connectivity index (χ2n) is 8.81. The Bertz CT molecular complexity index is 1320. The largest absolute Gasteiger partial charge is 0.481 e. The molecule has 38 heavy (non-hydrogen) atoms. The molecular weight excluding hydrogens is 508 g/mol. The number of esters is 1. The van der Waals surface area contributed by atoms with E-state index in [1.807, 2.05) is 30.3 Å². The highest BCUT2D eigenvalue weighted by Gasteiger charge is 2.44. The van der Waals surface area contributed by atoms with Crippen LogP contribution in [-0.2, 0) is 25.5 Å². The number of hydrogen-bond donors (Lipinski definition) is 4. The number of aliphatic carboxylic acids is 2. The first-order valence-corrected chi connectivity index (χ1v) is 12.9. The van der Waals surface area contributed by atoms with Gasteiger partial charge < -0.3 is 25.6 Å². The number of rotatable bonds is 12. The maximum Gasteiger partial charge on any atom is 0.351 e. The van der Waals surface area contributed by atoms with Gasteiger partial charge in [-0.05, 0) is 30.2 Å². The van der Waals surface area contributed by atoms with Crippen molar-refractivity contribution in [2.45, 2.75) is 23.9 Å². The van der Waals surface area contributed by atoms with E-state index in [1.54, 1.807) is 54.6 Å². The Morgan fingerprint density at radius 1 is 0.921 bits per heavy atom. The molecule has 0 radical (unpaired) electrons. The van der Waals surface area contributed by atoms with Crippen LogP contribution in [0, 0.1) is 5.92 Å². The highest BCUT2D eigenvalue weighted by atomic mass is 32.2. The van der Waals surface area contributed by atoms with E-state index < -0.39 is 47.3 Å². The van der Waals surface area contributed by atoms with E-state index in [0.717, 1.165) is 5.56 Å². The van der Waals surface area contributed by atoms with E-state index in [9.17, 15) is 29.4 Å². The Kier molecular flexibility index (Phi) is 8.32. The van der Waals surface area contributed by atoms with Gasteiger partial charge in [-0.3, -0.25) is 9.59 Å². The summed E-state index contributed by atoms with van der Waals surface area (Å²) in [4.78, 5) is 50.0. The molecule has 4 N–H and O–H groups in total. The van der Waals surface area contributed by atoms with Crippen LogP contribution in [0.15, 0.2) is 84.9 Å².